The van der Waals surface area contributed by atoms with E-state index in [0.29, 0.717) is 13.0 Å². The van der Waals surface area contributed by atoms with Crippen LogP contribution in [0.3, 0.4) is 0 Å². The van der Waals surface area contributed by atoms with Crippen LogP contribution in [0.15, 0.2) is 0 Å². The number of carbonyl (C=O) groups is 1. The zero-order valence-corrected chi connectivity index (χ0v) is 9.45. The van der Waals surface area contributed by atoms with Gasteiger partial charge in [0, 0.05) is 25.4 Å². The molecule has 0 radical (unpaired) electrons. The molecule has 1 amide bonds. The third kappa shape index (κ3) is 4.18. The highest BCUT2D eigenvalue weighted by atomic mass is 16.6. The number of nitrogens with zero attached hydrogens (tertiary/aromatic N) is 1. The molecular weight excluding hydrogens is 194 g/mol. The van der Waals surface area contributed by atoms with Gasteiger partial charge >= 0.3 is 0 Å². The molecule has 1 rings (SSSR count). The van der Waals surface area contributed by atoms with Crippen LogP contribution in [0.5, 0.6) is 0 Å². The fraction of sp³-hybridized carbons (Fsp3) is 0.909. The molecule has 88 valence electrons. The maximum Gasteiger partial charge on any atom is 0.223 e. The fourth-order valence-electron chi connectivity index (χ4n) is 1.95. The number of hydrogen-bond acceptors (Lipinski definition) is 3. The number of ether oxygens (including phenoxy) is 1. The number of rotatable bonds is 7. The van der Waals surface area contributed by atoms with Crippen LogP contribution in [-0.2, 0) is 9.53 Å². The molecule has 1 aliphatic rings. The normalized spacial score (nSPS) is 21.3. The van der Waals surface area contributed by atoms with Crippen LogP contribution in [0.2, 0.25) is 0 Å². The van der Waals surface area contributed by atoms with Gasteiger partial charge in [0.1, 0.15) is 6.79 Å². The lowest BCUT2D eigenvalue weighted by atomic mass is 10.1. The van der Waals surface area contributed by atoms with E-state index in [1.165, 1.54) is 12.8 Å². The molecule has 1 unspecified atom stereocenters. The van der Waals surface area contributed by atoms with Gasteiger partial charge in [-0.1, -0.05) is 19.8 Å². The zero-order valence-electron chi connectivity index (χ0n) is 9.45. The monoisotopic (exact) mass is 215 g/mol. The fourth-order valence-corrected chi connectivity index (χ4v) is 1.95. The predicted octanol–water partition coefficient (Wildman–Crippen LogP) is 0.991. The van der Waals surface area contributed by atoms with E-state index in [0.717, 1.165) is 19.5 Å². The third-order valence-electron chi connectivity index (χ3n) is 2.77. The summed E-state index contributed by atoms with van der Waals surface area (Å²) in [7, 11) is 0. The summed E-state index contributed by atoms with van der Waals surface area (Å²) in [5, 5.41) is 8.51. The highest BCUT2D eigenvalue weighted by molar-refractivity contribution is 5.78. The molecule has 1 N–H and O–H groups in total. The molecule has 4 nitrogen and oxygen atoms in total. The third-order valence-corrected chi connectivity index (χ3v) is 2.77. The second kappa shape index (κ2) is 6.80. The number of carbonyl (C=O) groups excluding carboxylic acids is 1. The van der Waals surface area contributed by atoms with Crippen molar-refractivity contribution in [2.45, 2.75) is 32.6 Å². The summed E-state index contributed by atoms with van der Waals surface area (Å²) >= 11 is 0. The highest BCUT2D eigenvalue weighted by Gasteiger charge is 2.28. The Labute approximate surface area is 91.2 Å². The average Bonchev–Trinajstić information content (AvgIpc) is 2.57. The summed E-state index contributed by atoms with van der Waals surface area (Å²) < 4.78 is 4.92. The summed E-state index contributed by atoms with van der Waals surface area (Å²) in [6.45, 7) is 4.07. The molecule has 1 aliphatic heterocycles. The lowest BCUT2D eigenvalue weighted by Gasteiger charge is -2.16. The van der Waals surface area contributed by atoms with Gasteiger partial charge in [-0.25, -0.2) is 0 Å². The first kappa shape index (κ1) is 12.5. The second-order valence-corrected chi connectivity index (χ2v) is 4.12. The first-order valence-electron chi connectivity index (χ1n) is 5.74. The van der Waals surface area contributed by atoms with Gasteiger partial charge < -0.3 is 14.7 Å². The Morgan fingerprint density at radius 3 is 3.00 bits per heavy atom. The zero-order chi connectivity index (χ0) is 11.1. The van der Waals surface area contributed by atoms with E-state index >= 15 is 0 Å². The lowest BCUT2D eigenvalue weighted by Crippen LogP contribution is -2.26. The van der Waals surface area contributed by atoms with Crippen LogP contribution in [0, 0.1) is 5.92 Å². The molecule has 0 aliphatic carbocycles. The van der Waals surface area contributed by atoms with Gasteiger partial charge in [-0.3, -0.25) is 4.79 Å². The van der Waals surface area contributed by atoms with E-state index in [4.69, 9.17) is 9.84 Å². The summed E-state index contributed by atoms with van der Waals surface area (Å²) in [6.07, 6.45) is 4.03. The molecule has 1 fully saturated rings. The Hall–Kier alpha value is -0.610. The van der Waals surface area contributed by atoms with Crippen molar-refractivity contribution in [3.05, 3.63) is 0 Å². The quantitative estimate of drug-likeness (QED) is 0.509. The van der Waals surface area contributed by atoms with Gasteiger partial charge in [-0.2, -0.15) is 0 Å². The largest absolute Gasteiger partial charge is 0.371 e. The highest BCUT2D eigenvalue weighted by Crippen LogP contribution is 2.18. The molecule has 0 aromatic heterocycles. The molecule has 4 heteroatoms. The number of aliphatic hydroxyl groups is 1. The summed E-state index contributed by atoms with van der Waals surface area (Å²) in [6, 6.07) is 0. The van der Waals surface area contributed by atoms with Crippen LogP contribution < -0.4 is 0 Å². The Bertz CT molecular complexity index is 196. The van der Waals surface area contributed by atoms with Gasteiger partial charge in [0.15, 0.2) is 0 Å². The maximum atomic E-state index is 11.5. The topological polar surface area (TPSA) is 49.8 Å². The number of hydrogen-bond donors (Lipinski definition) is 1. The van der Waals surface area contributed by atoms with Crippen LogP contribution in [0.25, 0.3) is 0 Å². The van der Waals surface area contributed by atoms with Crippen molar-refractivity contribution < 1.29 is 14.6 Å². The van der Waals surface area contributed by atoms with Crippen molar-refractivity contribution in [3.8, 4) is 0 Å². The van der Waals surface area contributed by atoms with E-state index in [1.807, 2.05) is 4.90 Å². The van der Waals surface area contributed by atoms with Gasteiger partial charge in [-0.05, 0) is 6.42 Å². The van der Waals surface area contributed by atoms with Crippen LogP contribution in [0.1, 0.15) is 32.6 Å². The van der Waals surface area contributed by atoms with E-state index in [1.54, 1.807) is 0 Å². The van der Waals surface area contributed by atoms with Gasteiger partial charge in [0.2, 0.25) is 5.91 Å². The smallest absolute Gasteiger partial charge is 0.223 e. The Morgan fingerprint density at radius 2 is 2.33 bits per heavy atom. The minimum Gasteiger partial charge on any atom is -0.371 e. The van der Waals surface area contributed by atoms with E-state index in [2.05, 4.69) is 6.92 Å². The molecule has 1 atom stereocenters. The van der Waals surface area contributed by atoms with E-state index in [9.17, 15) is 4.79 Å². The Balaban J connectivity index is 2.20. The maximum absolute atomic E-state index is 11.5. The number of amides is 1. The summed E-state index contributed by atoms with van der Waals surface area (Å²) in [4.78, 5) is 13.5. The summed E-state index contributed by atoms with van der Waals surface area (Å²) in [5.41, 5.74) is 0. The molecule has 15 heavy (non-hydrogen) atoms. The molecule has 1 heterocycles. The lowest BCUT2D eigenvalue weighted by molar-refractivity contribution is -0.127. The first-order chi connectivity index (χ1) is 7.27. The van der Waals surface area contributed by atoms with Crippen LogP contribution in [0.4, 0.5) is 0 Å². The Morgan fingerprint density at radius 1 is 1.53 bits per heavy atom. The van der Waals surface area contributed by atoms with Crippen molar-refractivity contribution >= 4 is 5.91 Å². The molecule has 0 saturated carbocycles. The van der Waals surface area contributed by atoms with E-state index in [-0.39, 0.29) is 18.6 Å². The molecule has 0 aromatic rings. The first-order valence-corrected chi connectivity index (χ1v) is 5.74. The molecule has 0 aromatic carbocycles. The van der Waals surface area contributed by atoms with Crippen molar-refractivity contribution in [1.29, 1.82) is 0 Å². The minimum atomic E-state index is -0.249. The predicted molar refractivity (Wildman–Crippen MR) is 57.2 cm³/mol. The second-order valence-electron chi connectivity index (χ2n) is 4.12. The average molecular weight is 215 g/mol. The number of aliphatic hydroxyl groups excluding tert-OH is 1. The van der Waals surface area contributed by atoms with Crippen LogP contribution >= 0.6 is 0 Å². The number of likely N-dealkylation sites (tertiary alicyclic amines) is 1. The van der Waals surface area contributed by atoms with Crippen molar-refractivity contribution in [1.82, 2.24) is 4.90 Å². The van der Waals surface area contributed by atoms with Crippen molar-refractivity contribution in [3.63, 3.8) is 0 Å². The SMILES string of the molecule is CCCCCN1CC(COCO)CC1=O. The minimum absolute atomic E-state index is 0.234. The molecule has 0 spiro atoms. The van der Waals surface area contributed by atoms with Crippen LogP contribution in [-0.4, -0.2) is 42.4 Å². The van der Waals surface area contributed by atoms with Crippen molar-refractivity contribution in [2.24, 2.45) is 5.92 Å². The standard InChI is InChI=1S/C11H21NO3/c1-2-3-4-5-12-7-10(6-11(12)14)8-15-9-13/h10,13H,2-9H2,1H3. The van der Waals surface area contributed by atoms with Gasteiger partial charge in [-0.15, -0.1) is 0 Å². The molecule has 1 saturated heterocycles. The van der Waals surface area contributed by atoms with Gasteiger partial charge in [0.25, 0.3) is 0 Å². The summed E-state index contributed by atoms with van der Waals surface area (Å²) in [5.74, 6) is 0.504. The van der Waals surface area contributed by atoms with E-state index < -0.39 is 0 Å². The number of unbranched alkanes of at least 4 members (excludes halogenated alkanes) is 2. The molecular formula is C11H21NO3. The van der Waals surface area contributed by atoms with Crippen molar-refractivity contribution in [2.75, 3.05) is 26.5 Å². The Kier molecular flexibility index (Phi) is 5.65. The van der Waals surface area contributed by atoms with Gasteiger partial charge in [0.05, 0.1) is 6.61 Å². The molecule has 0 bridgehead atoms.